The summed E-state index contributed by atoms with van der Waals surface area (Å²) in [4.78, 5) is 21.8. The molecule has 1 heterocycles. The van der Waals surface area contributed by atoms with E-state index in [-0.39, 0.29) is 23.8 Å². The van der Waals surface area contributed by atoms with Crippen molar-refractivity contribution in [1.29, 1.82) is 0 Å². The molecule has 1 unspecified atom stereocenters. The minimum atomic E-state index is -0.719. The second-order valence-electron chi connectivity index (χ2n) is 11.1. The van der Waals surface area contributed by atoms with Crippen LogP contribution in [0, 0.1) is 0 Å². The van der Waals surface area contributed by atoms with Crippen LogP contribution in [0.5, 0.6) is 0 Å². The second kappa shape index (κ2) is 11.5. The molecule has 189 valence electrons. The molecule has 3 rings (SSSR count). The first-order valence-corrected chi connectivity index (χ1v) is 13.7. The van der Waals surface area contributed by atoms with Crippen molar-refractivity contribution in [2.75, 3.05) is 0 Å². The minimum absolute atomic E-state index is 0.00781. The third-order valence-corrected chi connectivity index (χ3v) is 8.29. The molecule has 0 aliphatic heterocycles. The molecule has 5 heteroatoms. The molecule has 4 nitrogen and oxygen atoms in total. The van der Waals surface area contributed by atoms with E-state index in [0.717, 1.165) is 53.1 Å². The summed E-state index contributed by atoms with van der Waals surface area (Å²) in [6.45, 7) is 17.0. The van der Waals surface area contributed by atoms with Gasteiger partial charge in [-0.15, -0.1) is 0 Å². The number of hydrogen-bond donors (Lipinski definition) is 0. The molecule has 3 aromatic rings. The van der Waals surface area contributed by atoms with Gasteiger partial charge in [-0.1, -0.05) is 0 Å². The molecule has 0 saturated heterocycles. The molecule has 1 aromatic heterocycles. The number of carbonyl (C=O) groups excluding carboxylic acids is 1. The van der Waals surface area contributed by atoms with Gasteiger partial charge >= 0.3 is 234 Å². The topological polar surface area (TPSA) is 42.4 Å². The Morgan fingerprint density at radius 3 is 1.86 bits per heavy atom. The van der Waals surface area contributed by atoms with Crippen LogP contribution in [0.25, 0.3) is 0 Å². The Labute approximate surface area is 233 Å². The molecule has 2 aromatic carbocycles. The number of aromatic nitrogens is 1. The van der Waals surface area contributed by atoms with Gasteiger partial charge in [-0.2, -0.15) is 0 Å². The molecule has 1 atom stereocenters. The fraction of sp³-hybridized carbons (Fsp3) is 0.419. The number of carbonyl (C=O) groups is 1. The normalized spacial score (nSPS) is 13.1. The number of pyridine rings is 1. The number of hydrogen-bond acceptors (Lipinski definition) is 3. The maximum absolute atomic E-state index is 15.0. The van der Waals surface area contributed by atoms with Crippen molar-refractivity contribution < 1.29 is 32.8 Å². The van der Waals surface area contributed by atoms with Crippen molar-refractivity contribution in [3.63, 3.8) is 0 Å². The Kier molecular flexibility index (Phi) is 9.12. The number of amides is 1. The van der Waals surface area contributed by atoms with Gasteiger partial charge in [0, 0.05) is 0 Å². The molecule has 0 aliphatic carbocycles. The van der Waals surface area contributed by atoms with E-state index in [4.69, 9.17) is 7.80 Å². The van der Waals surface area contributed by atoms with Crippen LogP contribution in [0.15, 0.2) is 72.9 Å². The molecule has 36 heavy (non-hydrogen) atoms. The van der Waals surface area contributed by atoms with Gasteiger partial charge in [0.15, 0.2) is 0 Å². The molecular formula is C31H39N2O2Zr. The van der Waals surface area contributed by atoms with Crippen LogP contribution >= 0.6 is 0 Å². The van der Waals surface area contributed by atoms with E-state index in [0.29, 0.717) is 0 Å². The molecule has 1 amide bonds. The van der Waals surface area contributed by atoms with E-state index < -0.39 is 11.1 Å². The van der Waals surface area contributed by atoms with Gasteiger partial charge in [0.25, 0.3) is 0 Å². The Morgan fingerprint density at radius 2 is 1.39 bits per heavy atom. The van der Waals surface area contributed by atoms with E-state index in [1.165, 1.54) is 0 Å². The first kappa shape index (κ1) is 28.5. The third kappa shape index (κ3) is 5.73. The van der Waals surface area contributed by atoms with Crippen molar-refractivity contribution in [3.8, 4) is 0 Å². The van der Waals surface area contributed by atoms with Crippen molar-refractivity contribution in [1.82, 2.24) is 9.88 Å². The summed E-state index contributed by atoms with van der Waals surface area (Å²) in [6.07, 6.45) is 1.80. The summed E-state index contributed by atoms with van der Waals surface area (Å²) in [7, 11) is 0. The van der Waals surface area contributed by atoms with Gasteiger partial charge in [0.2, 0.25) is 0 Å². The van der Waals surface area contributed by atoms with Crippen LogP contribution in [0.3, 0.4) is 0 Å². The van der Waals surface area contributed by atoms with Crippen molar-refractivity contribution in [2.45, 2.75) is 84.4 Å². The zero-order valence-corrected chi connectivity index (χ0v) is 25.3. The molecule has 0 aliphatic rings. The molecule has 0 saturated carbocycles. The molecule has 0 N–H and O–H groups in total. The fourth-order valence-electron chi connectivity index (χ4n) is 5.01. The zero-order valence-electron chi connectivity index (χ0n) is 22.9. The van der Waals surface area contributed by atoms with Gasteiger partial charge in [0.1, 0.15) is 0 Å². The van der Waals surface area contributed by atoms with Gasteiger partial charge in [-0.3, -0.25) is 0 Å². The fourth-order valence-corrected chi connectivity index (χ4v) is 5.29. The van der Waals surface area contributed by atoms with Crippen LogP contribution in [-0.2, 0) is 33.5 Å². The standard InChI is InChI=1S/C31H39N2O2.Zr/c1-21(2)24-17-14-18-25(22(3)4)27(24)29(34)33(30(5,6)26-19-12-13-20-32-26)28(31(7,8)35)23-15-10-9-11-16-23;/h9-22,28H,1-8H3;/q-1;+1. The van der Waals surface area contributed by atoms with E-state index in [1.807, 2.05) is 41.3 Å². The van der Waals surface area contributed by atoms with Crippen molar-refractivity contribution in [2.24, 2.45) is 0 Å². The van der Waals surface area contributed by atoms with Gasteiger partial charge in [-0.25, -0.2) is 0 Å². The van der Waals surface area contributed by atoms with Crippen LogP contribution < -0.4 is 0 Å². The summed E-state index contributed by atoms with van der Waals surface area (Å²) in [5, 5.41) is 0. The van der Waals surface area contributed by atoms with Gasteiger partial charge in [-0.05, 0) is 0 Å². The summed E-state index contributed by atoms with van der Waals surface area (Å²) in [5.74, 6) is 0.421. The quantitative estimate of drug-likeness (QED) is 0.268. The second-order valence-corrected chi connectivity index (χ2v) is 11.6. The van der Waals surface area contributed by atoms with E-state index in [1.54, 1.807) is 6.20 Å². The number of rotatable bonds is 9. The average molecular weight is 563 g/mol. The molecule has 0 spiro atoms. The number of nitrogens with zero attached hydrogens (tertiary/aromatic N) is 2. The zero-order chi connectivity index (χ0) is 26.7. The van der Waals surface area contributed by atoms with Crippen molar-refractivity contribution in [3.05, 3.63) is 101 Å². The van der Waals surface area contributed by atoms with Gasteiger partial charge in [0.05, 0.1) is 0 Å². The molecule has 0 radical (unpaired) electrons. The Bertz CT molecular complexity index is 1130. The van der Waals surface area contributed by atoms with Crippen molar-refractivity contribution >= 4 is 5.91 Å². The molecule has 0 bridgehead atoms. The first-order valence-electron chi connectivity index (χ1n) is 12.7. The van der Waals surface area contributed by atoms with Crippen LogP contribution in [0.4, 0.5) is 0 Å². The third-order valence-electron chi connectivity index (χ3n) is 6.99. The summed E-state index contributed by atoms with van der Waals surface area (Å²) in [6, 6.07) is 22.1. The van der Waals surface area contributed by atoms with Crippen LogP contribution in [-0.4, -0.2) is 21.4 Å². The predicted octanol–water partition coefficient (Wildman–Crippen LogP) is 7.70. The maximum atomic E-state index is 15.0. The van der Waals surface area contributed by atoms with Crippen LogP contribution in [0.2, 0.25) is 0 Å². The van der Waals surface area contributed by atoms with E-state index in [2.05, 4.69) is 85.7 Å². The van der Waals surface area contributed by atoms with E-state index in [9.17, 15) is 0 Å². The monoisotopic (exact) mass is 561 g/mol. The van der Waals surface area contributed by atoms with Crippen LogP contribution in [0.1, 0.15) is 106 Å². The summed E-state index contributed by atoms with van der Waals surface area (Å²) >= 11 is 0.962. The van der Waals surface area contributed by atoms with Gasteiger partial charge < -0.3 is 0 Å². The Morgan fingerprint density at radius 1 is 0.833 bits per heavy atom. The molecular weight excluding hydrogens is 524 g/mol. The SMILES string of the molecule is CC(C)c1cccc(C(C)C)c1C(=O)N(C(c1ccccc1)C(C)(C)[O][Zr])C(C)(C)c1ccccn1. The summed E-state index contributed by atoms with van der Waals surface area (Å²) in [5.41, 5.74) is 3.46. The Balaban J connectivity index is 2.39. The van der Waals surface area contributed by atoms with E-state index >= 15 is 4.79 Å². The first-order chi connectivity index (χ1) is 16.9. The predicted molar refractivity (Wildman–Crippen MR) is 142 cm³/mol. The summed E-state index contributed by atoms with van der Waals surface area (Å²) < 4.78 is 6.18. The number of benzene rings is 2. The molecule has 0 fully saturated rings. The average Bonchev–Trinajstić information content (AvgIpc) is 2.87. The Hall–Kier alpha value is -2.10.